The van der Waals surface area contributed by atoms with Crippen LogP contribution >= 0.6 is 35.7 Å². The van der Waals surface area contributed by atoms with Crippen molar-refractivity contribution in [2.45, 2.75) is 32.5 Å². The average Bonchev–Trinajstić information content (AvgIpc) is 3.29. The van der Waals surface area contributed by atoms with Crippen molar-refractivity contribution < 1.29 is 32.2 Å². The molecule has 0 spiro atoms. The van der Waals surface area contributed by atoms with E-state index in [2.05, 4.69) is 0 Å². The second kappa shape index (κ2) is 10.2. The molecule has 0 atom stereocenters. The lowest BCUT2D eigenvalue weighted by molar-refractivity contribution is -0.171. The molecule has 2 aliphatic rings. The number of anilines is 1. The molecule has 0 aromatic heterocycles. The predicted molar refractivity (Wildman–Crippen MR) is 145 cm³/mol. The van der Waals surface area contributed by atoms with Gasteiger partial charge in [-0.3, -0.25) is 9.69 Å². The molecule has 194 valence electrons. The van der Waals surface area contributed by atoms with E-state index in [-0.39, 0.29) is 17.2 Å². The number of carbonyl (C=O) groups excluding carboxylic acids is 2. The Balaban J connectivity index is 1.95. The van der Waals surface area contributed by atoms with E-state index in [1.807, 2.05) is 30.3 Å². The first-order chi connectivity index (χ1) is 17.4. The van der Waals surface area contributed by atoms with Gasteiger partial charge in [-0.15, -0.1) is 0 Å². The van der Waals surface area contributed by atoms with Crippen molar-refractivity contribution in [2.75, 3.05) is 18.6 Å². The van der Waals surface area contributed by atoms with Crippen LogP contribution in [0.1, 0.15) is 31.9 Å². The number of benzene rings is 2. The van der Waals surface area contributed by atoms with Gasteiger partial charge in [0.1, 0.15) is 10.7 Å². The lowest BCUT2D eigenvalue weighted by atomic mass is 9.83. The lowest BCUT2D eigenvalue weighted by Gasteiger charge is -2.45. The molecule has 2 aromatic carbocycles. The fourth-order valence-corrected chi connectivity index (χ4v) is 7.20. The Kier molecular flexibility index (Phi) is 7.51. The van der Waals surface area contributed by atoms with Gasteiger partial charge in [0.2, 0.25) is 0 Å². The number of halogens is 3. The van der Waals surface area contributed by atoms with Crippen LogP contribution in [-0.4, -0.2) is 42.2 Å². The Morgan fingerprint density at radius 1 is 1.08 bits per heavy atom. The molecular weight excluding hydrogens is 543 g/mol. The quantitative estimate of drug-likeness (QED) is 0.229. The number of esters is 1. The van der Waals surface area contributed by atoms with Crippen molar-refractivity contribution in [3.8, 4) is 5.75 Å². The van der Waals surface area contributed by atoms with Crippen LogP contribution < -0.4 is 9.64 Å². The Morgan fingerprint density at radius 2 is 1.76 bits per heavy atom. The van der Waals surface area contributed by atoms with Gasteiger partial charge in [-0.2, -0.15) is 13.2 Å². The summed E-state index contributed by atoms with van der Waals surface area (Å²) >= 11 is 8.22. The van der Waals surface area contributed by atoms with Crippen molar-refractivity contribution in [1.29, 1.82) is 0 Å². The van der Waals surface area contributed by atoms with Gasteiger partial charge in [-0.05, 0) is 44.5 Å². The van der Waals surface area contributed by atoms with E-state index >= 15 is 0 Å². The zero-order chi connectivity index (χ0) is 27.1. The molecule has 0 saturated heterocycles. The van der Waals surface area contributed by atoms with E-state index in [1.165, 1.54) is 44.9 Å². The van der Waals surface area contributed by atoms with Gasteiger partial charge in [0.25, 0.3) is 0 Å². The van der Waals surface area contributed by atoms with Crippen LogP contribution in [0, 0.1) is 0 Å². The maximum atomic E-state index is 13.7. The number of thiocarbonyl (C=S) groups is 1. The summed E-state index contributed by atoms with van der Waals surface area (Å²) in [5.41, 5.74) is 0.138. The maximum Gasteiger partial charge on any atom is 0.471 e. The lowest BCUT2D eigenvalue weighted by Crippen LogP contribution is -2.59. The fraction of sp³-hybridized carbons (Fsp3) is 0.269. The molecule has 2 heterocycles. The highest BCUT2D eigenvalue weighted by Gasteiger charge is 2.53. The molecule has 4 rings (SSSR count). The van der Waals surface area contributed by atoms with Crippen LogP contribution in [0.15, 0.2) is 57.7 Å². The Bertz CT molecular complexity index is 1350. The highest BCUT2D eigenvalue weighted by Crippen LogP contribution is 2.59. The van der Waals surface area contributed by atoms with E-state index in [1.54, 1.807) is 13.0 Å². The molecule has 37 heavy (non-hydrogen) atoms. The summed E-state index contributed by atoms with van der Waals surface area (Å²) in [5, 5.41) is 0. The average molecular weight is 566 g/mol. The van der Waals surface area contributed by atoms with Gasteiger partial charge >= 0.3 is 18.1 Å². The van der Waals surface area contributed by atoms with Crippen LogP contribution in [0.25, 0.3) is 10.5 Å². The summed E-state index contributed by atoms with van der Waals surface area (Å²) in [7, 11) is 1.44. The van der Waals surface area contributed by atoms with Crippen molar-refractivity contribution >= 4 is 68.6 Å². The molecule has 0 bridgehead atoms. The maximum absolute atomic E-state index is 13.7. The first kappa shape index (κ1) is 27.3. The van der Waals surface area contributed by atoms with Crippen LogP contribution in [0.5, 0.6) is 5.75 Å². The number of alkyl halides is 3. The fourth-order valence-electron chi connectivity index (χ4n) is 4.07. The third-order valence-corrected chi connectivity index (χ3v) is 9.13. The highest BCUT2D eigenvalue weighted by atomic mass is 32.2. The zero-order valence-corrected chi connectivity index (χ0v) is 22.7. The molecule has 0 fully saturated rings. The standard InChI is InChI=1S/C26H22F3NO4S3/c1-5-34-22(31)20-19(14-9-7-6-8-10-14)36-23(37-20)18-16-13-15(33-4)11-12-17(16)30(24(32)26(27,28)29)25(2,3)21(18)35/h6-13H,5H2,1-4H3. The number of hydrogen-bond acceptors (Lipinski definition) is 7. The summed E-state index contributed by atoms with van der Waals surface area (Å²) in [4.78, 5) is 27.3. The van der Waals surface area contributed by atoms with E-state index < -0.39 is 23.6 Å². The van der Waals surface area contributed by atoms with Gasteiger partial charge in [0.05, 0.1) is 34.0 Å². The molecular formula is C26H22F3NO4S3. The highest BCUT2D eigenvalue weighted by molar-refractivity contribution is 8.32. The molecule has 0 radical (unpaired) electrons. The minimum atomic E-state index is -5.11. The van der Waals surface area contributed by atoms with Crippen LogP contribution in [0.4, 0.5) is 18.9 Å². The van der Waals surface area contributed by atoms with Crippen LogP contribution in [-0.2, 0) is 14.3 Å². The second-order valence-corrected chi connectivity index (χ2v) is 11.2. The summed E-state index contributed by atoms with van der Waals surface area (Å²) in [6.45, 7) is 4.85. The topological polar surface area (TPSA) is 55.8 Å². The first-order valence-electron chi connectivity index (χ1n) is 11.1. The van der Waals surface area contributed by atoms with E-state index in [0.29, 0.717) is 35.8 Å². The number of thioether (sulfide) groups is 2. The number of ether oxygens (including phenoxy) is 2. The number of amides is 1. The number of fused-ring (bicyclic) bond motifs is 1. The molecule has 0 saturated carbocycles. The third-order valence-electron chi connectivity index (χ3n) is 5.80. The number of rotatable bonds is 4. The Labute approximate surface area is 226 Å². The zero-order valence-electron chi connectivity index (χ0n) is 20.3. The molecule has 11 heteroatoms. The van der Waals surface area contributed by atoms with Crippen molar-refractivity contribution in [2.24, 2.45) is 0 Å². The summed E-state index contributed by atoms with van der Waals surface area (Å²) in [6.07, 6.45) is -5.11. The number of carbonyl (C=O) groups is 2. The molecule has 2 aromatic rings. The van der Waals surface area contributed by atoms with Gasteiger partial charge in [-0.25, -0.2) is 4.79 Å². The second-order valence-electron chi connectivity index (χ2n) is 8.52. The number of hydrogen-bond donors (Lipinski definition) is 0. The van der Waals surface area contributed by atoms with Gasteiger partial charge in [-0.1, -0.05) is 66.1 Å². The van der Waals surface area contributed by atoms with Crippen molar-refractivity contribution in [1.82, 2.24) is 0 Å². The Morgan fingerprint density at radius 3 is 2.35 bits per heavy atom. The van der Waals surface area contributed by atoms with Crippen LogP contribution in [0.3, 0.4) is 0 Å². The van der Waals surface area contributed by atoms with Gasteiger partial charge in [0.15, 0.2) is 0 Å². The number of nitrogens with zero attached hydrogens (tertiary/aromatic N) is 1. The monoisotopic (exact) mass is 565 g/mol. The largest absolute Gasteiger partial charge is 0.497 e. The predicted octanol–water partition coefficient (Wildman–Crippen LogP) is 6.83. The Hall–Kier alpha value is -2.76. The van der Waals surface area contributed by atoms with Gasteiger partial charge < -0.3 is 9.47 Å². The van der Waals surface area contributed by atoms with E-state index in [9.17, 15) is 22.8 Å². The van der Waals surface area contributed by atoms with Crippen LogP contribution in [0.2, 0.25) is 0 Å². The minimum Gasteiger partial charge on any atom is -0.497 e. The molecule has 1 amide bonds. The van der Waals surface area contributed by atoms with E-state index in [4.69, 9.17) is 21.7 Å². The summed E-state index contributed by atoms with van der Waals surface area (Å²) < 4.78 is 52.2. The van der Waals surface area contributed by atoms with E-state index in [0.717, 1.165) is 17.3 Å². The summed E-state index contributed by atoms with van der Waals surface area (Å²) in [5.74, 6) is -2.14. The SMILES string of the molecule is CCOC(=O)C1=C(c2ccccc2)SC(=C2C(=S)C(C)(C)N(C(=O)C(F)(F)F)c3ccc(OC)cc32)S1. The van der Waals surface area contributed by atoms with Crippen molar-refractivity contribution in [3.63, 3.8) is 0 Å². The molecule has 0 aliphatic carbocycles. The molecule has 0 N–H and O–H groups in total. The third kappa shape index (κ3) is 4.92. The first-order valence-corrected chi connectivity index (χ1v) is 13.2. The summed E-state index contributed by atoms with van der Waals surface area (Å²) in [6, 6.07) is 13.7. The van der Waals surface area contributed by atoms with Gasteiger partial charge in [0, 0.05) is 16.0 Å². The normalized spacial score (nSPS) is 19.1. The smallest absolute Gasteiger partial charge is 0.471 e. The van der Waals surface area contributed by atoms with Crippen molar-refractivity contribution in [3.05, 3.63) is 68.8 Å². The molecule has 2 aliphatic heterocycles. The molecule has 0 unspecified atom stereocenters. The number of methoxy groups -OCH3 is 1. The minimum absolute atomic E-state index is 0.0521. The molecule has 5 nitrogen and oxygen atoms in total.